The molecule has 0 aliphatic carbocycles. The number of rotatable bonds is 3. The van der Waals surface area contributed by atoms with Gasteiger partial charge in [0, 0.05) is 55.8 Å². The van der Waals surface area contributed by atoms with Gasteiger partial charge in [-0.05, 0) is 12.5 Å². The first kappa shape index (κ1) is 15.3. The summed E-state index contributed by atoms with van der Waals surface area (Å²) in [7, 11) is 0. The van der Waals surface area contributed by atoms with Crippen LogP contribution in [0.15, 0.2) is 28.9 Å². The standard InChI is InChI=1S/C15H17N3O5/c19-15(20)17-4-1-3-16(5-6-17)10-12-9-13(18(21)22)8-11-2-7-23-14(11)12/h2,7-9H,1,3-6,10H2,(H,19,20). The van der Waals surface area contributed by atoms with E-state index in [2.05, 4.69) is 4.90 Å². The Morgan fingerprint density at radius 3 is 2.87 bits per heavy atom. The number of non-ortho nitro benzene ring substituents is 1. The molecule has 3 rings (SSSR count). The van der Waals surface area contributed by atoms with Crippen molar-refractivity contribution in [2.45, 2.75) is 13.0 Å². The van der Waals surface area contributed by atoms with Gasteiger partial charge in [-0.1, -0.05) is 0 Å². The maximum Gasteiger partial charge on any atom is 0.407 e. The number of hydrogen-bond acceptors (Lipinski definition) is 5. The van der Waals surface area contributed by atoms with E-state index < -0.39 is 11.0 Å². The van der Waals surface area contributed by atoms with Gasteiger partial charge >= 0.3 is 6.09 Å². The zero-order chi connectivity index (χ0) is 16.4. The average molecular weight is 319 g/mol. The molecule has 1 aliphatic rings. The van der Waals surface area contributed by atoms with E-state index in [1.165, 1.54) is 23.3 Å². The Hall–Kier alpha value is -2.61. The van der Waals surface area contributed by atoms with Gasteiger partial charge in [-0.3, -0.25) is 15.0 Å². The molecule has 0 bridgehead atoms. The molecule has 8 heteroatoms. The minimum atomic E-state index is -0.907. The van der Waals surface area contributed by atoms with E-state index in [4.69, 9.17) is 9.52 Å². The molecule has 0 atom stereocenters. The number of furan rings is 1. The molecule has 8 nitrogen and oxygen atoms in total. The van der Waals surface area contributed by atoms with Crippen molar-refractivity contribution in [3.63, 3.8) is 0 Å². The molecule has 1 fully saturated rings. The molecule has 0 radical (unpaired) electrons. The minimum absolute atomic E-state index is 0.0379. The quantitative estimate of drug-likeness (QED) is 0.689. The number of hydrogen-bond donors (Lipinski definition) is 1. The van der Waals surface area contributed by atoms with E-state index in [0.29, 0.717) is 37.1 Å². The summed E-state index contributed by atoms with van der Waals surface area (Å²) in [6.07, 6.45) is 1.35. The van der Waals surface area contributed by atoms with Crippen molar-refractivity contribution < 1.29 is 19.2 Å². The Bertz CT molecular complexity index is 742. The third-order valence-electron chi connectivity index (χ3n) is 4.08. The highest BCUT2D eigenvalue weighted by Gasteiger charge is 2.20. The zero-order valence-corrected chi connectivity index (χ0v) is 12.5. The number of nitro groups is 1. The maximum absolute atomic E-state index is 11.1. The zero-order valence-electron chi connectivity index (χ0n) is 12.5. The Kier molecular flexibility index (Phi) is 4.16. The molecule has 122 valence electrons. The van der Waals surface area contributed by atoms with E-state index in [-0.39, 0.29) is 5.69 Å². The number of fused-ring (bicyclic) bond motifs is 1. The Balaban J connectivity index is 1.82. The van der Waals surface area contributed by atoms with Gasteiger partial charge in [0.05, 0.1) is 11.2 Å². The highest BCUT2D eigenvalue weighted by molar-refractivity contribution is 5.83. The molecular weight excluding hydrogens is 302 g/mol. The van der Waals surface area contributed by atoms with Crippen LogP contribution in [-0.2, 0) is 6.54 Å². The minimum Gasteiger partial charge on any atom is -0.465 e. The Labute approximate surface area is 132 Å². The van der Waals surface area contributed by atoms with Gasteiger partial charge in [-0.2, -0.15) is 0 Å². The molecule has 0 saturated carbocycles. The number of carboxylic acid groups (broad SMARTS) is 1. The average Bonchev–Trinajstić information content (AvgIpc) is 2.86. The van der Waals surface area contributed by atoms with E-state index >= 15 is 0 Å². The van der Waals surface area contributed by atoms with Crippen molar-refractivity contribution in [1.29, 1.82) is 0 Å². The van der Waals surface area contributed by atoms with E-state index in [0.717, 1.165) is 18.5 Å². The summed E-state index contributed by atoms with van der Waals surface area (Å²) >= 11 is 0. The third-order valence-corrected chi connectivity index (χ3v) is 4.08. The summed E-state index contributed by atoms with van der Waals surface area (Å²) in [4.78, 5) is 25.2. The summed E-state index contributed by atoms with van der Waals surface area (Å²) in [5, 5.41) is 20.8. The van der Waals surface area contributed by atoms with Crippen LogP contribution in [-0.4, -0.2) is 52.1 Å². The number of nitrogens with zero attached hydrogens (tertiary/aromatic N) is 3. The van der Waals surface area contributed by atoms with Crippen LogP contribution in [0.4, 0.5) is 10.5 Å². The summed E-state index contributed by atoms with van der Waals surface area (Å²) in [5.74, 6) is 0. The largest absolute Gasteiger partial charge is 0.465 e. The lowest BCUT2D eigenvalue weighted by molar-refractivity contribution is -0.384. The fourth-order valence-corrected chi connectivity index (χ4v) is 2.92. The number of amides is 1. The Morgan fingerprint density at radius 2 is 2.13 bits per heavy atom. The normalized spacial score (nSPS) is 16.4. The molecule has 0 spiro atoms. The highest BCUT2D eigenvalue weighted by atomic mass is 16.6. The molecule has 1 aromatic carbocycles. The smallest absolute Gasteiger partial charge is 0.407 e. The summed E-state index contributed by atoms with van der Waals surface area (Å²) < 4.78 is 5.46. The number of carbonyl (C=O) groups is 1. The van der Waals surface area contributed by atoms with Crippen molar-refractivity contribution in [1.82, 2.24) is 9.80 Å². The van der Waals surface area contributed by atoms with Gasteiger partial charge in [-0.15, -0.1) is 0 Å². The lowest BCUT2D eigenvalue weighted by atomic mass is 10.1. The molecule has 2 heterocycles. The second-order valence-corrected chi connectivity index (χ2v) is 5.60. The Morgan fingerprint density at radius 1 is 1.30 bits per heavy atom. The van der Waals surface area contributed by atoms with Crippen LogP contribution in [0.2, 0.25) is 0 Å². The SMILES string of the molecule is O=C(O)N1CCCN(Cc2cc([N+](=O)[O-])cc3ccoc23)CC1. The predicted octanol–water partition coefficient (Wildman–Crippen LogP) is 2.53. The van der Waals surface area contributed by atoms with Crippen molar-refractivity contribution >= 4 is 22.7 Å². The van der Waals surface area contributed by atoms with Gasteiger partial charge in [0.2, 0.25) is 0 Å². The van der Waals surface area contributed by atoms with Crippen LogP contribution in [0.3, 0.4) is 0 Å². The van der Waals surface area contributed by atoms with Crippen LogP contribution in [0.25, 0.3) is 11.0 Å². The van der Waals surface area contributed by atoms with Gasteiger partial charge in [0.25, 0.3) is 5.69 Å². The molecular formula is C15H17N3O5. The summed E-state index contributed by atoms with van der Waals surface area (Å²) in [6.45, 7) is 2.79. The van der Waals surface area contributed by atoms with Crippen molar-refractivity contribution in [3.05, 3.63) is 40.1 Å². The van der Waals surface area contributed by atoms with Gasteiger partial charge in [-0.25, -0.2) is 4.79 Å². The fraction of sp³-hybridized carbons (Fsp3) is 0.400. The van der Waals surface area contributed by atoms with Crippen LogP contribution >= 0.6 is 0 Å². The molecule has 2 aromatic rings. The third kappa shape index (κ3) is 3.26. The molecule has 1 aromatic heterocycles. The van der Waals surface area contributed by atoms with Gasteiger partial charge in [0.1, 0.15) is 5.58 Å². The predicted molar refractivity (Wildman–Crippen MR) is 82.4 cm³/mol. The van der Waals surface area contributed by atoms with Crippen molar-refractivity contribution in [2.75, 3.05) is 26.2 Å². The first-order chi connectivity index (χ1) is 11.0. The van der Waals surface area contributed by atoms with Crippen molar-refractivity contribution in [2.24, 2.45) is 0 Å². The van der Waals surface area contributed by atoms with E-state index in [1.807, 2.05) is 0 Å². The molecule has 23 heavy (non-hydrogen) atoms. The molecule has 1 N–H and O–H groups in total. The number of benzene rings is 1. The van der Waals surface area contributed by atoms with Crippen LogP contribution in [0.1, 0.15) is 12.0 Å². The lowest BCUT2D eigenvalue weighted by Crippen LogP contribution is -2.33. The second kappa shape index (κ2) is 6.25. The summed E-state index contributed by atoms with van der Waals surface area (Å²) in [5.41, 5.74) is 1.44. The molecule has 0 unspecified atom stereocenters. The van der Waals surface area contributed by atoms with E-state index in [9.17, 15) is 14.9 Å². The fourth-order valence-electron chi connectivity index (χ4n) is 2.92. The summed E-state index contributed by atoms with van der Waals surface area (Å²) in [6, 6.07) is 4.74. The molecule has 1 amide bonds. The number of nitro benzene ring substituents is 1. The maximum atomic E-state index is 11.1. The lowest BCUT2D eigenvalue weighted by Gasteiger charge is -2.20. The van der Waals surface area contributed by atoms with E-state index in [1.54, 1.807) is 6.07 Å². The topological polar surface area (TPSA) is 100 Å². The second-order valence-electron chi connectivity index (χ2n) is 5.60. The van der Waals surface area contributed by atoms with Gasteiger partial charge in [0.15, 0.2) is 0 Å². The first-order valence-electron chi connectivity index (χ1n) is 7.39. The van der Waals surface area contributed by atoms with Crippen LogP contribution in [0.5, 0.6) is 0 Å². The highest BCUT2D eigenvalue weighted by Crippen LogP contribution is 2.27. The molecule has 1 saturated heterocycles. The molecule has 1 aliphatic heterocycles. The monoisotopic (exact) mass is 319 g/mol. The van der Waals surface area contributed by atoms with Crippen LogP contribution in [0, 0.1) is 10.1 Å². The van der Waals surface area contributed by atoms with Crippen LogP contribution < -0.4 is 0 Å². The first-order valence-corrected chi connectivity index (χ1v) is 7.39. The van der Waals surface area contributed by atoms with Gasteiger partial charge < -0.3 is 14.4 Å². The van der Waals surface area contributed by atoms with Crippen molar-refractivity contribution in [3.8, 4) is 0 Å².